The van der Waals surface area contributed by atoms with Crippen molar-refractivity contribution >= 4 is 17.8 Å². The van der Waals surface area contributed by atoms with Gasteiger partial charge in [-0.05, 0) is 69.0 Å². The Bertz CT molecular complexity index is 916. The Labute approximate surface area is 182 Å². The summed E-state index contributed by atoms with van der Waals surface area (Å²) in [7, 11) is 0. The van der Waals surface area contributed by atoms with Crippen molar-refractivity contribution in [2.45, 2.75) is 52.5 Å². The Morgan fingerprint density at radius 1 is 1.00 bits per heavy atom. The predicted molar refractivity (Wildman–Crippen MR) is 118 cm³/mol. The Morgan fingerprint density at radius 3 is 2.29 bits per heavy atom. The van der Waals surface area contributed by atoms with Crippen LogP contribution in [0, 0.1) is 19.8 Å². The number of nitrogens with one attached hydrogen (secondary N) is 3. The Morgan fingerprint density at radius 2 is 1.65 bits per heavy atom. The largest absolute Gasteiger partial charge is 0.484 e. The van der Waals surface area contributed by atoms with Gasteiger partial charge in [0.1, 0.15) is 5.75 Å². The van der Waals surface area contributed by atoms with Gasteiger partial charge in [0.25, 0.3) is 11.8 Å². The van der Waals surface area contributed by atoms with Crippen LogP contribution in [-0.4, -0.2) is 35.2 Å². The molecule has 8 nitrogen and oxygen atoms in total. The van der Waals surface area contributed by atoms with Crippen LogP contribution in [0.1, 0.15) is 54.4 Å². The Kier molecular flexibility index (Phi) is 7.33. The summed E-state index contributed by atoms with van der Waals surface area (Å²) in [5.41, 5.74) is 5.15. The van der Waals surface area contributed by atoms with Crippen LogP contribution in [0.3, 0.4) is 0 Å². The number of imide groups is 1. The van der Waals surface area contributed by atoms with Gasteiger partial charge in [-0.3, -0.25) is 25.0 Å². The fourth-order valence-corrected chi connectivity index (χ4v) is 3.76. The highest BCUT2D eigenvalue weighted by atomic mass is 16.5. The van der Waals surface area contributed by atoms with Crippen molar-refractivity contribution in [2.75, 3.05) is 12.0 Å². The van der Waals surface area contributed by atoms with Crippen molar-refractivity contribution in [3.05, 3.63) is 53.3 Å². The second-order valence-electron chi connectivity index (χ2n) is 8.10. The molecule has 2 atom stereocenters. The van der Waals surface area contributed by atoms with Crippen LogP contribution in [0.15, 0.2) is 36.4 Å². The van der Waals surface area contributed by atoms with E-state index in [1.807, 2.05) is 26.0 Å². The van der Waals surface area contributed by atoms with Gasteiger partial charge in [0.15, 0.2) is 6.61 Å². The summed E-state index contributed by atoms with van der Waals surface area (Å²) in [5.74, 6) is 0.0647. The van der Waals surface area contributed by atoms with Gasteiger partial charge in [0.2, 0.25) is 0 Å². The van der Waals surface area contributed by atoms with Gasteiger partial charge in [0.05, 0.1) is 0 Å². The molecule has 2 aromatic rings. The van der Waals surface area contributed by atoms with E-state index in [2.05, 4.69) is 23.0 Å². The summed E-state index contributed by atoms with van der Waals surface area (Å²) >= 11 is 0. The van der Waals surface area contributed by atoms with Gasteiger partial charge in [0, 0.05) is 23.0 Å². The van der Waals surface area contributed by atoms with E-state index >= 15 is 0 Å². The van der Waals surface area contributed by atoms with Crippen LogP contribution in [0.5, 0.6) is 5.75 Å². The van der Waals surface area contributed by atoms with Gasteiger partial charge in [-0.15, -0.1) is 0 Å². The smallest absolute Gasteiger partial charge is 0.321 e. The second-order valence-corrected chi connectivity index (χ2v) is 8.10. The quantitative estimate of drug-likeness (QED) is 0.660. The number of rotatable bonds is 6. The zero-order valence-corrected chi connectivity index (χ0v) is 18.2. The molecule has 4 amide bonds. The molecule has 0 saturated heterocycles. The SMILES string of the molecule is Cc1ccc(C)n1NC(=O)c1ccc(OCC(=O)NC(=O)N[C@H]2CCCC[C@@H]2C)cc1. The molecule has 1 fully saturated rings. The molecule has 1 aliphatic rings. The molecule has 3 rings (SSSR count). The maximum absolute atomic E-state index is 12.4. The first kappa shape index (κ1) is 22.4. The third-order valence-electron chi connectivity index (χ3n) is 5.65. The van der Waals surface area contributed by atoms with E-state index in [9.17, 15) is 14.4 Å². The number of aromatic nitrogens is 1. The van der Waals surface area contributed by atoms with Crippen molar-refractivity contribution in [1.29, 1.82) is 0 Å². The topological polar surface area (TPSA) is 101 Å². The van der Waals surface area contributed by atoms with Crippen LogP contribution in [0.2, 0.25) is 0 Å². The van der Waals surface area contributed by atoms with E-state index in [-0.39, 0.29) is 18.6 Å². The first-order valence-corrected chi connectivity index (χ1v) is 10.6. The van der Waals surface area contributed by atoms with Gasteiger partial charge in [-0.25, -0.2) is 4.79 Å². The average molecular weight is 427 g/mol. The number of aryl methyl sites for hydroxylation is 2. The molecule has 1 aromatic carbocycles. The molecule has 0 radical (unpaired) electrons. The summed E-state index contributed by atoms with van der Waals surface area (Å²) in [4.78, 5) is 36.5. The van der Waals surface area contributed by atoms with E-state index < -0.39 is 11.9 Å². The van der Waals surface area contributed by atoms with Crippen LogP contribution < -0.4 is 20.8 Å². The average Bonchev–Trinajstić information content (AvgIpc) is 3.06. The van der Waals surface area contributed by atoms with Gasteiger partial charge in [-0.1, -0.05) is 19.8 Å². The number of carbonyl (C=O) groups excluding carboxylic acids is 3. The third-order valence-corrected chi connectivity index (χ3v) is 5.65. The summed E-state index contributed by atoms with van der Waals surface area (Å²) in [6.07, 6.45) is 4.29. The maximum Gasteiger partial charge on any atom is 0.321 e. The number of nitrogens with zero attached hydrogens (tertiary/aromatic N) is 1. The van der Waals surface area contributed by atoms with E-state index in [1.165, 1.54) is 6.42 Å². The number of urea groups is 1. The lowest BCUT2D eigenvalue weighted by Gasteiger charge is -2.29. The Hall–Kier alpha value is -3.29. The molecule has 1 aliphatic carbocycles. The van der Waals surface area contributed by atoms with Crippen molar-refractivity contribution < 1.29 is 19.1 Å². The summed E-state index contributed by atoms with van der Waals surface area (Å²) in [5, 5.41) is 5.17. The number of carbonyl (C=O) groups is 3. The normalized spacial score (nSPS) is 18.2. The lowest BCUT2D eigenvalue weighted by Crippen LogP contribution is -2.48. The zero-order chi connectivity index (χ0) is 22.4. The third kappa shape index (κ3) is 6.10. The highest BCUT2D eigenvalue weighted by Crippen LogP contribution is 2.23. The van der Waals surface area contributed by atoms with Crippen molar-refractivity contribution in [3.8, 4) is 5.75 Å². The summed E-state index contributed by atoms with van der Waals surface area (Å²) < 4.78 is 7.15. The molecule has 1 aromatic heterocycles. The zero-order valence-electron chi connectivity index (χ0n) is 18.2. The van der Waals surface area contributed by atoms with E-state index in [0.29, 0.717) is 17.2 Å². The van der Waals surface area contributed by atoms with Crippen LogP contribution in [0.25, 0.3) is 0 Å². The first-order valence-electron chi connectivity index (χ1n) is 10.6. The van der Waals surface area contributed by atoms with Gasteiger partial charge >= 0.3 is 6.03 Å². The molecule has 31 heavy (non-hydrogen) atoms. The van der Waals surface area contributed by atoms with Gasteiger partial charge in [-0.2, -0.15) is 0 Å². The Balaban J connectivity index is 1.44. The number of ether oxygens (including phenoxy) is 1. The number of benzene rings is 1. The van der Waals surface area contributed by atoms with Crippen molar-refractivity contribution in [1.82, 2.24) is 15.3 Å². The minimum absolute atomic E-state index is 0.0975. The molecule has 166 valence electrons. The molecular weight excluding hydrogens is 396 g/mol. The lowest BCUT2D eigenvalue weighted by atomic mass is 9.86. The second kappa shape index (κ2) is 10.1. The molecule has 0 spiro atoms. The highest BCUT2D eigenvalue weighted by molar-refractivity contribution is 6.00. The van der Waals surface area contributed by atoms with E-state index in [1.54, 1.807) is 28.9 Å². The van der Waals surface area contributed by atoms with Crippen molar-refractivity contribution in [2.24, 2.45) is 5.92 Å². The number of hydrogen-bond acceptors (Lipinski definition) is 4. The minimum atomic E-state index is -0.527. The molecule has 3 N–H and O–H groups in total. The first-order chi connectivity index (χ1) is 14.8. The number of hydrogen-bond donors (Lipinski definition) is 3. The van der Waals surface area contributed by atoms with E-state index in [0.717, 1.165) is 30.7 Å². The number of amides is 4. The van der Waals surface area contributed by atoms with Crippen LogP contribution in [0.4, 0.5) is 4.79 Å². The minimum Gasteiger partial charge on any atom is -0.484 e. The van der Waals surface area contributed by atoms with Crippen molar-refractivity contribution in [3.63, 3.8) is 0 Å². The standard InChI is InChI=1S/C23H30N4O4/c1-15-6-4-5-7-20(15)24-23(30)25-21(28)14-31-19-12-10-18(11-13-19)22(29)26-27-16(2)8-9-17(27)3/h8-13,15,20H,4-7,14H2,1-3H3,(H,26,29)(H2,24,25,28,30)/t15-,20-/m0/s1. The monoisotopic (exact) mass is 426 g/mol. The fraction of sp³-hybridized carbons (Fsp3) is 0.435. The van der Waals surface area contributed by atoms with E-state index in [4.69, 9.17) is 4.74 Å². The maximum atomic E-state index is 12.4. The van der Waals surface area contributed by atoms with Crippen LogP contribution in [-0.2, 0) is 4.79 Å². The highest BCUT2D eigenvalue weighted by Gasteiger charge is 2.23. The molecule has 0 bridgehead atoms. The van der Waals surface area contributed by atoms with Crippen LogP contribution >= 0.6 is 0 Å². The molecule has 1 heterocycles. The summed E-state index contributed by atoms with van der Waals surface area (Å²) in [6, 6.07) is 9.92. The predicted octanol–water partition coefficient (Wildman–Crippen LogP) is 3.27. The molecule has 0 unspecified atom stereocenters. The fourth-order valence-electron chi connectivity index (χ4n) is 3.76. The summed E-state index contributed by atoms with van der Waals surface area (Å²) in [6.45, 7) is 5.64. The molecule has 8 heteroatoms. The molecular formula is C23H30N4O4. The molecule has 1 saturated carbocycles. The lowest BCUT2D eigenvalue weighted by molar-refractivity contribution is -0.122. The molecule has 0 aliphatic heterocycles. The van der Waals surface area contributed by atoms with Gasteiger partial charge < -0.3 is 10.1 Å².